The third kappa shape index (κ3) is 6.63. The number of halogens is 6. The molecule has 204 valence electrons. The van der Waals surface area contributed by atoms with Crippen molar-refractivity contribution in [2.75, 3.05) is 0 Å². The molecule has 0 saturated heterocycles. The molecule has 0 aliphatic heterocycles. The van der Waals surface area contributed by atoms with E-state index in [0.29, 0.717) is 5.92 Å². The van der Waals surface area contributed by atoms with E-state index in [1.165, 1.54) is 55.7 Å². The minimum atomic E-state index is -3.73. The van der Waals surface area contributed by atoms with Gasteiger partial charge in [-0.25, -0.2) is 8.78 Å². The van der Waals surface area contributed by atoms with Crippen LogP contribution in [0.5, 0.6) is 11.5 Å². The highest BCUT2D eigenvalue weighted by Crippen LogP contribution is 2.41. The SMILES string of the molecule is CCCC[C@H]1CC[C@H](c2ccc(C(F)(F)Oc3ccccc3-c3cc(F)c(OC(F)F)c(F)c3)cc2)CC1. The molecule has 3 aromatic rings. The van der Waals surface area contributed by atoms with E-state index >= 15 is 8.78 Å². The molecule has 1 saturated carbocycles. The molecule has 0 atom stereocenters. The van der Waals surface area contributed by atoms with Crippen molar-refractivity contribution < 1.29 is 35.8 Å². The Kier molecular flexibility index (Phi) is 8.90. The van der Waals surface area contributed by atoms with Crippen LogP contribution < -0.4 is 9.47 Å². The van der Waals surface area contributed by atoms with Crippen LogP contribution in [0, 0.1) is 17.6 Å². The largest absolute Gasteiger partial charge is 0.429 e. The van der Waals surface area contributed by atoms with Gasteiger partial charge in [0.25, 0.3) is 0 Å². The van der Waals surface area contributed by atoms with Gasteiger partial charge in [0.15, 0.2) is 17.4 Å². The van der Waals surface area contributed by atoms with Gasteiger partial charge in [-0.3, -0.25) is 0 Å². The Bertz CT molecular complexity index is 1180. The number of unbranched alkanes of at least 4 members (excludes halogenated alkanes) is 1. The van der Waals surface area contributed by atoms with Crippen molar-refractivity contribution in [2.24, 2.45) is 5.92 Å². The maximum Gasteiger partial charge on any atom is 0.426 e. The molecule has 1 aliphatic carbocycles. The van der Waals surface area contributed by atoms with E-state index in [9.17, 15) is 17.6 Å². The molecule has 0 bridgehead atoms. The molecule has 0 unspecified atom stereocenters. The molecule has 0 heterocycles. The first-order chi connectivity index (χ1) is 18.2. The third-order valence-electron chi connectivity index (χ3n) is 7.17. The first kappa shape index (κ1) is 27.9. The fourth-order valence-corrected chi connectivity index (χ4v) is 5.13. The minimum Gasteiger partial charge on any atom is -0.429 e. The van der Waals surface area contributed by atoms with Gasteiger partial charge in [0.05, 0.1) is 5.56 Å². The van der Waals surface area contributed by atoms with Crippen LogP contribution >= 0.6 is 0 Å². The average molecular weight is 537 g/mol. The zero-order valence-corrected chi connectivity index (χ0v) is 21.0. The van der Waals surface area contributed by atoms with Crippen LogP contribution in [-0.2, 0) is 6.11 Å². The topological polar surface area (TPSA) is 18.5 Å². The Morgan fingerprint density at radius 1 is 0.895 bits per heavy atom. The van der Waals surface area contributed by atoms with E-state index in [4.69, 9.17) is 4.74 Å². The monoisotopic (exact) mass is 536 g/mol. The van der Waals surface area contributed by atoms with Gasteiger partial charge in [-0.2, -0.15) is 17.6 Å². The van der Waals surface area contributed by atoms with Crippen molar-refractivity contribution in [1.82, 2.24) is 0 Å². The van der Waals surface area contributed by atoms with Crippen molar-refractivity contribution in [3.63, 3.8) is 0 Å². The number of benzene rings is 3. The molecule has 1 aliphatic rings. The lowest BCUT2D eigenvalue weighted by atomic mass is 9.77. The van der Waals surface area contributed by atoms with Crippen molar-refractivity contribution in [3.05, 3.63) is 83.4 Å². The number of alkyl halides is 4. The molecule has 2 nitrogen and oxygen atoms in total. The van der Waals surface area contributed by atoms with E-state index in [1.807, 2.05) is 0 Å². The molecular formula is C30H30F6O2. The van der Waals surface area contributed by atoms with Crippen LogP contribution in [-0.4, -0.2) is 6.61 Å². The van der Waals surface area contributed by atoms with Gasteiger partial charge >= 0.3 is 12.7 Å². The molecule has 1 fully saturated rings. The van der Waals surface area contributed by atoms with Crippen molar-refractivity contribution >= 4 is 0 Å². The summed E-state index contributed by atoms with van der Waals surface area (Å²) < 4.78 is 92.7. The van der Waals surface area contributed by atoms with Crippen LogP contribution in [0.4, 0.5) is 26.3 Å². The lowest BCUT2D eigenvalue weighted by Crippen LogP contribution is -2.22. The maximum atomic E-state index is 15.2. The Morgan fingerprint density at radius 3 is 2.13 bits per heavy atom. The quantitative estimate of drug-likeness (QED) is 0.240. The van der Waals surface area contributed by atoms with Crippen molar-refractivity contribution in [2.45, 2.75) is 70.5 Å². The van der Waals surface area contributed by atoms with E-state index < -0.39 is 30.1 Å². The zero-order valence-electron chi connectivity index (χ0n) is 21.0. The van der Waals surface area contributed by atoms with Gasteiger partial charge in [0.2, 0.25) is 0 Å². The number of hydrogen-bond acceptors (Lipinski definition) is 2. The number of ether oxygens (including phenoxy) is 2. The highest BCUT2D eigenvalue weighted by atomic mass is 19.3. The first-order valence-corrected chi connectivity index (χ1v) is 12.9. The number of hydrogen-bond donors (Lipinski definition) is 0. The summed E-state index contributed by atoms with van der Waals surface area (Å²) >= 11 is 0. The number of rotatable bonds is 10. The molecular weight excluding hydrogens is 506 g/mol. The van der Waals surface area contributed by atoms with E-state index in [0.717, 1.165) is 49.3 Å². The van der Waals surface area contributed by atoms with Gasteiger partial charge in [-0.1, -0.05) is 56.5 Å². The van der Waals surface area contributed by atoms with Crippen molar-refractivity contribution in [3.8, 4) is 22.6 Å². The molecule has 38 heavy (non-hydrogen) atoms. The summed E-state index contributed by atoms with van der Waals surface area (Å²) in [5, 5.41) is 0. The van der Waals surface area contributed by atoms with E-state index in [-0.39, 0.29) is 22.4 Å². The summed E-state index contributed by atoms with van der Waals surface area (Å²) in [7, 11) is 0. The first-order valence-electron chi connectivity index (χ1n) is 12.9. The molecule has 4 rings (SSSR count). The summed E-state index contributed by atoms with van der Waals surface area (Å²) in [6, 6.07) is 13.1. The normalized spacial score (nSPS) is 18.0. The average Bonchev–Trinajstić information content (AvgIpc) is 2.90. The molecule has 0 radical (unpaired) electrons. The van der Waals surface area contributed by atoms with Gasteiger partial charge in [-0.15, -0.1) is 0 Å². The second-order valence-electron chi connectivity index (χ2n) is 9.74. The molecule has 0 N–H and O–H groups in total. The summed E-state index contributed by atoms with van der Waals surface area (Å²) in [6.07, 6.45) is 4.34. The summed E-state index contributed by atoms with van der Waals surface area (Å²) in [5.74, 6) is -3.26. The summed E-state index contributed by atoms with van der Waals surface area (Å²) in [6.45, 7) is -1.23. The Morgan fingerprint density at radius 2 is 1.53 bits per heavy atom. The van der Waals surface area contributed by atoms with Crippen LogP contribution in [0.1, 0.15) is 68.9 Å². The van der Waals surface area contributed by atoms with Crippen LogP contribution in [0.3, 0.4) is 0 Å². The smallest absolute Gasteiger partial charge is 0.426 e. The van der Waals surface area contributed by atoms with E-state index in [1.54, 1.807) is 12.1 Å². The standard InChI is InChI=1S/C30H30F6O2/c1-2-3-6-19-9-11-20(12-10-19)21-13-15-23(16-14-21)30(35,36)38-27-8-5-4-7-24(27)22-17-25(31)28(26(32)18-22)37-29(33)34/h4-5,7-8,13-20,29H,2-3,6,9-12H2,1H3/t19-,20-. The molecule has 0 aromatic heterocycles. The predicted octanol–water partition coefficient (Wildman–Crippen LogP) is 9.83. The second-order valence-corrected chi connectivity index (χ2v) is 9.74. The van der Waals surface area contributed by atoms with E-state index in [2.05, 4.69) is 11.7 Å². The fraction of sp³-hybridized carbons (Fsp3) is 0.400. The maximum absolute atomic E-state index is 15.2. The fourth-order valence-electron chi connectivity index (χ4n) is 5.13. The van der Waals surface area contributed by atoms with Gasteiger partial charge in [-0.05, 0) is 79.0 Å². The van der Waals surface area contributed by atoms with Crippen LogP contribution in [0.15, 0.2) is 60.7 Å². The molecule has 0 spiro atoms. The minimum absolute atomic E-state index is 0.0370. The molecule has 3 aromatic carbocycles. The summed E-state index contributed by atoms with van der Waals surface area (Å²) in [5.41, 5.74) is 0.463. The predicted molar refractivity (Wildman–Crippen MR) is 134 cm³/mol. The Labute approximate surface area is 218 Å². The Balaban J connectivity index is 1.49. The lowest BCUT2D eigenvalue weighted by molar-refractivity contribution is -0.185. The lowest BCUT2D eigenvalue weighted by Gasteiger charge is -2.29. The van der Waals surface area contributed by atoms with Gasteiger partial charge < -0.3 is 9.47 Å². The highest BCUT2D eigenvalue weighted by Gasteiger charge is 2.36. The molecule has 8 heteroatoms. The molecule has 0 amide bonds. The number of para-hydroxylation sites is 1. The van der Waals surface area contributed by atoms with Gasteiger partial charge in [0.1, 0.15) is 5.75 Å². The van der Waals surface area contributed by atoms with Gasteiger partial charge in [0, 0.05) is 5.56 Å². The third-order valence-corrected chi connectivity index (χ3v) is 7.17. The van der Waals surface area contributed by atoms with Crippen molar-refractivity contribution in [1.29, 1.82) is 0 Å². The zero-order chi connectivity index (χ0) is 27.3. The Hall–Kier alpha value is -3.16. The highest BCUT2D eigenvalue weighted by molar-refractivity contribution is 5.71. The van der Waals surface area contributed by atoms with Crippen LogP contribution in [0.25, 0.3) is 11.1 Å². The summed E-state index contributed by atoms with van der Waals surface area (Å²) in [4.78, 5) is 0. The van der Waals surface area contributed by atoms with Crippen LogP contribution in [0.2, 0.25) is 0 Å². The second kappa shape index (κ2) is 12.1.